The van der Waals surface area contributed by atoms with Crippen LogP contribution in [-0.4, -0.2) is 33.5 Å². The number of hydrogen-bond acceptors (Lipinski definition) is 4. The van der Waals surface area contributed by atoms with E-state index in [4.69, 9.17) is 16.4 Å². The van der Waals surface area contributed by atoms with Crippen molar-refractivity contribution in [1.82, 2.24) is 5.06 Å². The van der Waals surface area contributed by atoms with Gasteiger partial charge in [0.2, 0.25) is 5.91 Å². The number of amides is 1. The fourth-order valence-electron chi connectivity index (χ4n) is 4.19. The smallest absolute Gasteiger partial charge is 0.246 e. The molecule has 1 fully saturated rings. The second-order valence-corrected chi connectivity index (χ2v) is 10.5. The lowest BCUT2D eigenvalue weighted by molar-refractivity contribution is -0.170. The van der Waals surface area contributed by atoms with E-state index in [0.29, 0.717) is 17.9 Å². The van der Waals surface area contributed by atoms with Crippen LogP contribution in [0.2, 0.25) is 5.02 Å². The highest BCUT2D eigenvalue weighted by atomic mass is 35.5. The lowest BCUT2D eigenvalue weighted by Crippen LogP contribution is -2.41. The lowest BCUT2D eigenvalue weighted by Gasteiger charge is -2.40. The molecule has 0 heterocycles. The Morgan fingerprint density at radius 3 is 2.35 bits per heavy atom. The first kappa shape index (κ1) is 23.6. The van der Waals surface area contributed by atoms with Gasteiger partial charge in [-0.2, -0.15) is 0 Å². The van der Waals surface area contributed by atoms with Crippen LogP contribution in [0.15, 0.2) is 47.4 Å². The van der Waals surface area contributed by atoms with E-state index in [1.807, 2.05) is 0 Å². The Morgan fingerprint density at radius 1 is 1.16 bits per heavy atom. The molecule has 0 spiro atoms. The summed E-state index contributed by atoms with van der Waals surface area (Å²) in [6.45, 7) is 0. The summed E-state index contributed by atoms with van der Waals surface area (Å²) in [5.41, 5.74) is -0.179. The molecule has 0 bridgehead atoms. The number of sulfone groups is 1. The Morgan fingerprint density at radius 2 is 1.77 bits per heavy atom. The monoisotopic (exact) mass is 471 g/mol. The average Bonchev–Trinajstić information content (AvgIpc) is 2.75. The van der Waals surface area contributed by atoms with Crippen LogP contribution in [-0.2, 0) is 24.2 Å². The number of benzene rings is 2. The molecule has 168 valence electrons. The third-order valence-electron chi connectivity index (χ3n) is 6.06. The summed E-state index contributed by atoms with van der Waals surface area (Å²) < 4.78 is 54.7. The zero-order valence-corrected chi connectivity index (χ0v) is 18.8. The summed E-state index contributed by atoms with van der Waals surface area (Å²) in [5.74, 6) is -1.79. The average molecular weight is 472 g/mol. The van der Waals surface area contributed by atoms with Gasteiger partial charge >= 0.3 is 0 Å². The lowest BCUT2D eigenvalue weighted by atomic mass is 9.76. The van der Waals surface area contributed by atoms with Crippen LogP contribution in [0.5, 0.6) is 0 Å². The van der Waals surface area contributed by atoms with Crippen LogP contribution in [0.1, 0.15) is 37.7 Å². The van der Waals surface area contributed by atoms with Crippen molar-refractivity contribution >= 4 is 27.3 Å². The highest BCUT2D eigenvalue weighted by Crippen LogP contribution is 2.49. The molecule has 0 unspecified atom stereocenters. The standard InChI is InChI=1S/C22H24ClF2NO4S/c1-26(30-2)21(27)13-15-9-11-22(12-10-15,19-14-17(24)5-8-20(19)25)31(28,29)18-6-3-16(23)4-7-18/h3-8,14-15H,9-13H2,1-2H3. The van der Waals surface area contributed by atoms with Gasteiger partial charge < -0.3 is 0 Å². The predicted octanol–water partition coefficient (Wildman–Crippen LogP) is 4.89. The molecule has 1 aliphatic rings. The first-order valence-electron chi connectivity index (χ1n) is 9.87. The van der Waals surface area contributed by atoms with Crippen LogP contribution >= 0.6 is 11.6 Å². The third-order valence-corrected chi connectivity index (χ3v) is 8.86. The van der Waals surface area contributed by atoms with E-state index in [2.05, 4.69) is 0 Å². The molecular formula is C22H24ClF2NO4S. The maximum atomic E-state index is 14.8. The van der Waals surface area contributed by atoms with E-state index in [0.717, 1.165) is 23.3 Å². The Balaban J connectivity index is 2.01. The third kappa shape index (κ3) is 4.61. The van der Waals surface area contributed by atoms with Gasteiger partial charge in [-0.05, 0) is 74.1 Å². The molecule has 1 amide bonds. The van der Waals surface area contributed by atoms with Gasteiger partial charge in [-0.15, -0.1) is 0 Å². The van der Waals surface area contributed by atoms with Gasteiger partial charge in [-0.3, -0.25) is 9.63 Å². The quantitative estimate of drug-likeness (QED) is 0.563. The van der Waals surface area contributed by atoms with Gasteiger partial charge in [0.15, 0.2) is 9.84 Å². The molecule has 0 aromatic heterocycles. The number of halogens is 3. The van der Waals surface area contributed by atoms with E-state index >= 15 is 0 Å². The molecule has 31 heavy (non-hydrogen) atoms. The van der Waals surface area contributed by atoms with E-state index in [1.54, 1.807) is 0 Å². The molecule has 0 N–H and O–H groups in total. The molecule has 0 radical (unpaired) electrons. The Hall–Kier alpha value is -2.03. The van der Waals surface area contributed by atoms with Crippen molar-refractivity contribution in [3.63, 3.8) is 0 Å². The van der Waals surface area contributed by atoms with Gasteiger partial charge in [-0.1, -0.05) is 11.6 Å². The van der Waals surface area contributed by atoms with Crippen molar-refractivity contribution in [2.75, 3.05) is 14.2 Å². The minimum Gasteiger partial charge on any atom is -0.275 e. The predicted molar refractivity (Wildman–Crippen MR) is 113 cm³/mol. The summed E-state index contributed by atoms with van der Waals surface area (Å²) in [4.78, 5) is 17.1. The van der Waals surface area contributed by atoms with Crippen molar-refractivity contribution in [1.29, 1.82) is 0 Å². The van der Waals surface area contributed by atoms with Crippen molar-refractivity contribution in [3.8, 4) is 0 Å². The van der Waals surface area contributed by atoms with E-state index in [-0.39, 0.29) is 41.5 Å². The zero-order chi connectivity index (χ0) is 22.8. The molecule has 0 aliphatic heterocycles. The van der Waals surface area contributed by atoms with Crippen LogP contribution < -0.4 is 0 Å². The number of hydrogen-bond donors (Lipinski definition) is 0. The highest BCUT2D eigenvalue weighted by Gasteiger charge is 2.50. The summed E-state index contributed by atoms with van der Waals surface area (Å²) in [5, 5.41) is 1.49. The normalized spacial score (nSPS) is 21.6. The van der Waals surface area contributed by atoms with Crippen LogP contribution in [0.4, 0.5) is 8.78 Å². The molecule has 3 rings (SSSR count). The van der Waals surface area contributed by atoms with Crippen molar-refractivity contribution in [3.05, 3.63) is 64.7 Å². The molecule has 0 saturated heterocycles. The van der Waals surface area contributed by atoms with Crippen molar-refractivity contribution < 1.29 is 26.8 Å². The van der Waals surface area contributed by atoms with E-state index in [1.165, 1.54) is 38.4 Å². The number of carbonyl (C=O) groups is 1. The molecular weight excluding hydrogens is 448 g/mol. The fourth-order valence-corrected chi connectivity index (χ4v) is 6.48. The second-order valence-electron chi connectivity index (χ2n) is 7.80. The number of hydroxylamine groups is 2. The Labute approximate surface area is 185 Å². The number of rotatable bonds is 6. The van der Waals surface area contributed by atoms with Gasteiger partial charge in [0.25, 0.3) is 0 Å². The van der Waals surface area contributed by atoms with Crippen molar-refractivity contribution in [2.24, 2.45) is 5.92 Å². The largest absolute Gasteiger partial charge is 0.275 e. The maximum Gasteiger partial charge on any atom is 0.246 e. The molecule has 1 saturated carbocycles. The topological polar surface area (TPSA) is 63.7 Å². The maximum absolute atomic E-state index is 14.8. The zero-order valence-electron chi connectivity index (χ0n) is 17.3. The first-order valence-corrected chi connectivity index (χ1v) is 11.7. The number of nitrogens with zero attached hydrogens (tertiary/aromatic N) is 1. The molecule has 2 aromatic carbocycles. The van der Waals surface area contributed by atoms with Crippen molar-refractivity contribution in [2.45, 2.75) is 41.7 Å². The summed E-state index contributed by atoms with van der Waals surface area (Å²) >= 11 is 5.90. The SMILES string of the molecule is CON(C)C(=O)CC1CCC(c2cc(F)ccc2F)(S(=O)(=O)c2ccc(Cl)cc2)CC1. The van der Waals surface area contributed by atoms with Crippen LogP contribution in [0.25, 0.3) is 0 Å². The Bertz CT molecular complexity index is 1050. The van der Waals surface area contributed by atoms with Gasteiger partial charge in [0.05, 0.1) is 12.0 Å². The van der Waals surface area contributed by atoms with Crippen LogP contribution in [0, 0.1) is 17.6 Å². The van der Waals surface area contributed by atoms with E-state index in [9.17, 15) is 22.0 Å². The highest BCUT2D eigenvalue weighted by molar-refractivity contribution is 7.92. The van der Waals surface area contributed by atoms with Gasteiger partial charge in [-0.25, -0.2) is 22.3 Å². The molecule has 9 heteroatoms. The van der Waals surface area contributed by atoms with Gasteiger partial charge in [0, 0.05) is 24.1 Å². The number of carbonyl (C=O) groups excluding carboxylic acids is 1. The first-order chi connectivity index (χ1) is 14.6. The fraction of sp³-hybridized carbons (Fsp3) is 0.409. The van der Waals surface area contributed by atoms with Gasteiger partial charge in [0.1, 0.15) is 16.4 Å². The molecule has 1 aliphatic carbocycles. The summed E-state index contributed by atoms with van der Waals surface area (Å²) in [6.07, 6.45) is 1.05. The van der Waals surface area contributed by atoms with Crippen LogP contribution in [0.3, 0.4) is 0 Å². The minimum absolute atomic E-state index is 0.00537. The molecule has 0 atom stereocenters. The summed E-state index contributed by atoms with van der Waals surface area (Å²) in [7, 11) is -1.20. The summed E-state index contributed by atoms with van der Waals surface area (Å²) in [6, 6.07) is 8.54. The van der Waals surface area contributed by atoms with E-state index < -0.39 is 26.2 Å². The minimum atomic E-state index is -4.09. The Kier molecular flexibility index (Phi) is 7.03. The second kappa shape index (κ2) is 9.22. The molecule has 2 aromatic rings. The molecule has 5 nitrogen and oxygen atoms in total.